The van der Waals surface area contributed by atoms with Gasteiger partial charge in [0.05, 0.1) is 21.6 Å². The summed E-state index contributed by atoms with van der Waals surface area (Å²) in [5, 5.41) is 0.380. The summed E-state index contributed by atoms with van der Waals surface area (Å²) < 4.78 is 27.4. The second-order valence-electron chi connectivity index (χ2n) is 4.79. The molecular weight excluding hydrogens is 326 g/mol. The fraction of sp³-hybridized carbons (Fsp3) is 0.125. The van der Waals surface area contributed by atoms with E-state index in [1.54, 1.807) is 31.1 Å². The zero-order chi connectivity index (χ0) is 15.9. The fourth-order valence-corrected chi connectivity index (χ4v) is 2.99. The van der Waals surface area contributed by atoms with Gasteiger partial charge in [-0.2, -0.15) is 0 Å². The van der Waals surface area contributed by atoms with Crippen LogP contribution in [0.15, 0.2) is 35.5 Å². The van der Waals surface area contributed by atoms with E-state index in [-0.39, 0.29) is 15.9 Å². The lowest BCUT2D eigenvalue weighted by Gasteiger charge is -2.11. The Hall–Kier alpha value is -1.72. The van der Waals surface area contributed by atoms with Gasteiger partial charge in [0.2, 0.25) is 0 Å². The van der Waals surface area contributed by atoms with Crippen molar-refractivity contribution in [2.24, 2.45) is 0 Å². The molecular formula is C16H11ClF2N2S. The lowest BCUT2D eigenvalue weighted by Crippen LogP contribution is -1.96. The molecule has 0 aliphatic carbocycles. The van der Waals surface area contributed by atoms with Crippen molar-refractivity contribution in [2.45, 2.75) is 11.8 Å². The van der Waals surface area contributed by atoms with E-state index in [1.807, 2.05) is 12.3 Å². The predicted molar refractivity (Wildman–Crippen MR) is 86.4 cm³/mol. The molecule has 0 bridgehead atoms. The van der Waals surface area contributed by atoms with E-state index < -0.39 is 11.6 Å². The van der Waals surface area contributed by atoms with E-state index >= 15 is 0 Å². The van der Waals surface area contributed by atoms with Crippen molar-refractivity contribution in [1.82, 2.24) is 9.97 Å². The molecule has 3 rings (SSSR count). The second-order valence-corrected chi connectivity index (χ2v) is 6.05. The number of pyridine rings is 2. The quantitative estimate of drug-likeness (QED) is 0.597. The summed E-state index contributed by atoms with van der Waals surface area (Å²) in [6.45, 7) is 1.76. The summed E-state index contributed by atoms with van der Waals surface area (Å²) in [6, 6.07) is 3.91. The van der Waals surface area contributed by atoms with Crippen molar-refractivity contribution in [3.63, 3.8) is 0 Å². The maximum absolute atomic E-state index is 14.0. The van der Waals surface area contributed by atoms with Crippen molar-refractivity contribution in [2.75, 3.05) is 6.26 Å². The SMILES string of the molecule is CSc1cncc(-c2nc3cc(F)cc(F)c3c(Cl)c2C)c1. The van der Waals surface area contributed by atoms with Gasteiger partial charge in [-0.05, 0) is 24.8 Å². The maximum atomic E-state index is 14.0. The predicted octanol–water partition coefficient (Wildman–Crippen LogP) is 5.26. The summed E-state index contributed by atoms with van der Waals surface area (Å²) in [5.41, 5.74) is 2.17. The Morgan fingerprint density at radius 3 is 2.64 bits per heavy atom. The number of hydrogen-bond donors (Lipinski definition) is 0. The number of fused-ring (bicyclic) bond motifs is 1. The molecule has 2 heterocycles. The molecule has 0 aliphatic heterocycles. The minimum Gasteiger partial charge on any atom is -0.263 e. The summed E-state index contributed by atoms with van der Waals surface area (Å²) in [4.78, 5) is 9.53. The van der Waals surface area contributed by atoms with E-state index in [0.717, 1.165) is 16.5 Å². The molecule has 112 valence electrons. The molecule has 0 radical (unpaired) electrons. The standard InChI is InChI=1S/C16H11ClF2N2S/c1-8-15(17)14-12(19)4-10(18)5-13(14)21-16(8)9-3-11(22-2)7-20-6-9/h3-7H,1-2H3. The molecule has 0 fully saturated rings. The molecule has 0 N–H and O–H groups in total. The first-order valence-corrected chi connectivity index (χ1v) is 8.06. The molecule has 1 aromatic carbocycles. The van der Waals surface area contributed by atoms with E-state index in [2.05, 4.69) is 9.97 Å². The van der Waals surface area contributed by atoms with Crippen molar-refractivity contribution in [3.8, 4) is 11.3 Å². The van der Waals surface area contributed by atoms with Crippen LogP contribution in [0.2, 0.25) is 5.02 Å². The second kappa shape index (κ2) is 5.82. The smallest absolute Gasteiger partial charge is 0.137 e. The first-order valence-electron chi connectivity index (χ1n) is 6.45. The lowest BCUT2D eigenvalue weighted by atomic mass is 10.1. The van der Waals surface area contributed by atoms with Crippen LogP contribution in [0.25, 0.3) is 22.2 Å². The van der Waals surface area contributed by atoms with Crippen LogP contribution in [0.5, 0.6) is 0 Å². The average Bonchev–Trinajstić information content (AvgIpc) is 2.50. The molecule has 22 heavy (non-hydrogen) atoms. The van der Waals surface area contributed by atoms with E-state index in [4.69, 9.17) is 11.6 Å². The van der Waals surface area contributed by atoms with Gasteiger partial charge in [0.25, 0.3) is 0 Å². The van der Waals surface area contributed by atoms with Gasteiger partial charge in [-0.3, -0.25) is 4.98 Å². The highest BCUT2D eigenvalue weighted by Crippen LogP contribution is 2.35. The van der Waals surface area contributed by atoms with Crippen LogP contribution < -0.4 is 0 Å². The average molecular weight is 337 g/mol. The van der Waals surface area contributed by atoms with Gasteiger partial charge in [0.1, 0.15) is 11.6 Å². The topological polar surface area (TPSA) is 25.8 Å². The minimum absolute atomic E-state index is 0.137. The number of thioether (sulfide) groups is 1. The molecule has 2 nitrogen and oxygen atoms in total. The van der Waals surface area contributed by atoms with Gasteiger partial charge < -0.3 is 0 Å². The molecule has 0 unspecified atom stereocenters. The van der Waals surface area contributed by atoms with E-state index in [9.17, 15) is 8.78 Å². The van der Waals surface area contributed by atoms with Crippen LogP contribution in [0.1, 0.15) is 5.56 Å². The van der Waals surface area contributed by atoms with Gasteiger partial charge in [-0.25, -0.2) is 13.8 Å². The molecule has 6 heteroatoms. The zero-order valence-electron chi connectivity index (χ0n) is 11.8. The molecule has 0 spiro atoms. The van der Waals surface area contributed by atoms with Gasteiger partial charge in [0.15, 0.2) is 0 Å². The van der Waals surface area contributed by atoms with Crippen LogP contribution in [0.4, 0.5) is 8.78 Å². The van der Waals surface area contributed by atoms with Crippen LogP contribution in [0, 0.1) is 18.6 Å². The Kier molecular flexibility index (Phi) is 4.02. The van der Waals surface area contributed by atoms with Crippen molar-refractivity contribution < 1.29 is 8.78 Å². The first kappa shape index (κ1) is 15.2. The van der Waals surface area contributed by atoms with Crippen molar-refractivity contribution >= 4 is 34.3 Å². The third-order valence-corrected chi connectivity index (χ3v) is 4.56. The first-order chi connectivity index (χ1) is 10.5. The Morgan fingerprint density at radius 2 is 1.91 bits per heavy atom. The summed E-state index contributed by atoms with van der Waals surface area (Å²) in [7, 11) is 0. The maximum Gasteiger partial charge on any atom is 0.137 e. The number of nitrogens with zero attached hydrogens (tertiary/aromatic N) is 2. The zero-order valence-corrected chi connectivity index (χ0v) is 13.4. The summed E-state index contributed by atoms with van der Waals surface area (Å²) >= 11 is 7.84. The van der Waals surface area contributed by atoms with E-state index in [1.165, 1.54) is 6.07 Å². The number of rotatable bonds is 2. The fourth-order valence-electron chi connectivity index (χ4n) is 2.30. The highest BCUT2D eigenvalue weighted by atomic mass is 35.5. The molecule has 0 atom stereocenters. The van der Waals surface area contributed by atoms with Gasteiger partial charge in [0, 0.05) is 35.0 Å². The minimum atomic E-state index is -0.710. The number of halogens is 3. The van der Waals surface area contributed by atoms with Crippen molar-refractivity contribution in [3.05, 3.63) is 52.8 Å². The van der Waals surface area contributed by atoms with Crippen molar-refractivity contribution in [1.29, 1.82) is 0 Å². The molecule has 3 aromatic rings. The lowest BCUT2D eigenvalue weighted by molar-refractivity contribution is 0.591. The molecule has 0 saturated heterocycles. The van der Waals surface area contributed by atoms with Crippen LogP contribution >= 0.6 is 23.4 Å². The van der Waals surface area contributed by atoms with Crippen LogP contribution in [-0.4, -0.2) is 16.2 Å². The molecule has 0 saturated carbocycles. The Bertz CT molecular complexity index is 884. The number of hydrogen-bond acceptors (Lipinski definition) is 3. The highest BCUT2D eigenvalue weighted by molar-refractivity contribution is 7.98. The molecule has 0 aliphatic rings. The Morgan fingerprint density at radius 1 is 1.14 bits per heavy atom. The monoisotopic (exact) mass is 336 g/mol. The third-order valence-electron chi connectivity index (χ3n) is 3.39. The number of benzene rings is 1. The largest absolute Gasteiger partial charge is 0.263 e. The van der Waals surface area contributed by atoms with Gasteiger partial charge in [-0.15, -0.1) is 11.8 Å². The van der Waals surface area contributed by atoms with Crippen LogP contribution in [0.3, 0.4) is 0 Å². The summed E-state index contributed by atoms with van der Waals surface area (Å²) in [6.07, 6.45) is 5.34. The summed E-state index contributed by atoms with van der Waals surface area (Å²) in [5.74, 6) is -1.39. The van der Waals surface area contributed by atoms with Gasteiger partial charge >= 0.3 is 0 Å². The van der Waals surface area contributed by atoms with E-state index in [0.29, 0.717) is 11.3 Å². The van der Waals surface area contributed by atoms with Gasteiger partial charge in [-0.1, -0.05) is 11.6 Å². The normalized spacial score (nSPS) is 11.1. The highest BCUT2D eigenvalue weighted by Gasteiger charge is 2.16. The Balaban J connectivity index is 2.33. The Labute approximate surface area is 135 Å². The molecule has 0 amide bonds. The number of aromatic nitrogens is 2. The molecule has 2 aromatic heterocycles. The third kappa shape index (κ3) is 2.55. The van der Waals surface area contributed by atoms with Crippen LogP contribution in [-0.2, 0) is 0 Å².